The highest BCUT2D eigenvalue weighted by atomic mass is 16.7. The average molecular weight is 265 g/mol. The van der Waals surface area contributed by atoms with Crippen LogP contribution >= 0.6 is 0 Å². The van der Waals surface area contributed by atoms with Gasteiger partial charge in [0.2, 0.25) is 12.7 Å². The molecule has 0 bridgehead atoms. The number of hydrogen-bond donors (Lipinski definition) is 0. The largest absolute Gasteiger partial charge is 0.454 e. The highest BCUT2D eigenvalue weighted by Crippen LogP contribution is 2.36. The molecule has 0 unspecified atom stereocenters. The minimum absolute atomic E-state index is 0.268. The van der Waals surface area contributed by atoms with Crippen molar-refractivity contribution in [3.63, 3.8) is 0 Å². The highest BCUT2D eigenvalue weighted by molar-refractivity contribution is 5.64. The quantitative estimate of drug-likeness (QED) is 0.708. The van der Waals surface area contributed by atoms with Crippen LogP contribution < -0.4 is 9.47 Å². The predicted octanol–water partition coefficient (Wildman–Crippen LogP) is 3.74. The number of nitrogens with zero attached hydrogens (tertiary/aromatic N) is 1. The Morgan fingerprint density at radius 1 is 0.850 bits per heavy atom. The van der Waals surface area contributed by atoms with E-state index in [1.165, 1.54) is 0 Å². The third-order valence-corrected chi connectivity index (χ3v) is 3.18. The van der Waals surface area contributed by atoms with E-state index in [1.54, 1.807) is 6.20 Å². The van der Waals surface area contributed by atoms with Crippen LogP contribution in [-0.4, -0.2) is 11.8 Å². The van der Waals surface area contributed by atoms with Crippen LogP contribution in [0.25, 0.3) is 22.8 Å². The summed E-state index contributed by atoms with van der Waals surface area (Å²) in [5.74, 6) is 2.82. The second-order valence-corrected chi connectivity index (χ2v) is 4.46. The van der Waals surface area contributed by atoms with Gasteiger partial charge in [-0.3, -0.25) is 0 Å². The lowest BCUT2D eigenvalue weighted by atomic mass is 10.1. The Labute approximate surface area is 115 Å². The molecule has 4 rings (SSSR count). The first kappa shape index (κ1) is 11.1. The molecule has 4 heteroatoms. The van der Waals surface area contributed by atoms with Gasteiger partial charge < -0.3 is 13.9 Å². The number of oxazole rings is 1. The van der Waals surface area contributed by atoms with Crippen molar-refractivity contribution in [3.8, 4) is 34.3 Å². The zero-order valence-corrected chi connectivity index (χ0v) is 10.6. The molecule has 98 valence electrons. The van der Waals surface area contributed by atoms with Crippen molar-refractivity contribution in [3.05, 3.63) is 54.7 Å². The van der Waals surface area contributed by atoms with Crippen LogP contribution in [0.2, 0.25) is 0 Å². The summed E-state index contributed by atoms with van der Waals surface area (Å²) in [7, 11) is 0. The molecule has 0 aliphatic carbocycles. The van der Waals surface area contributed by atoms with E-state index in [0.717, 1.165) is 22.6 Å². The molecule has 1 aliphatic heterocycles. The van der Waals surface area contributed by atoms with Gasteiger partial charge in [0.05, 0.1) is 6.20 Å². The van der Waals surface area contributed by atoms with Gasteiger partial charge in [-0.1, -0.05) is 18.2 Å². The average Bonchev–Trinajstić information content (AvgIpc) is 3.16. The Hall–Kier alpha value is -2.75. The molecule has 2 heterocycles. The Morgan fingerprint density at radius 2 is 1.70 bits per heavy atom. The molecule has 20 heavy (non-hydrogen) atoms. The Bertz CT molecular complexity index is 749. The number of ether oxygens (including phenoxy) is 2. The maximum atomic E-state index is 5.81. The third kappa shape index (κ3) is 1.82. The zero-order chi connectivity index (χ0) is 13.4. The summed E-state index contributed by atoms with van der Waals surface area (Å²) in [5, 5.41) is 0. The number of fused-ring (bicyclic) bond motifs is 1. The molecule has 0 amide bonds. The van der Waals surface area contributed by atoms with Crippen LogP contribution in [0, 0.1) is 0 Å². The Balaban J connectivity index is 1.72. The van der Waals surface area contributed by atoms with Gasteiger partial charge >= 0.3 is 0 Å². The molecule has 3 aromatic rings. The first-order valence-electron chi connectivity index (χ1n) is 6.31. The molecule has 0 saturated carbocycles. The predicted molar refractivity (Wildman–Crippen MR) is 73.5 cm³/mol. The van der Waals surface area contributed by atoms with Crippen molar-refractivity contribution < 1.29 is 13.9 Å². The van der Waals surface area contributed by atoms with E-state index < -0.39 is 0 Å². The summed E-state index contributed by atoms with van der Waals surface area (Å²) >= 11 is 0. The summed E-state index contributed by atoms with van der Waals surface area (Å²) in [4.78, 5) is 4.32. The van der Waals surface area contributed by atoms with Gasteiger partial charge in [0.15, 0.2) is 17.3 Å². The maximum Gasteiger partial charge on any atom is 0.231 e. The lowest BCUT2D eigenvalue weighted by Crippen LogP contribution is -1.92. The fourth-order valence-corrected chi connectivity index (χ4v) is 2.17. The van der Waals surface area contributed by atoms with Gasteiger partial charge in [0.1, 0.15) is 0 Å². The third-order valence-electron chi connectivity index (χ3n) is 3.18. The second kappa shape index (κ2) is 4.42. The topological polar surface area (TPSA) is 44.5 Å². The van der Waals surface area contributed by atoms with Gasteiger partial charge in [-0.2, -0.15) is 0 Å². The molecule has 0 radical (unpaired) electrons. The van der Waals surface area contributed by atoms with Gasteiger partial charge in [0.25, 0.3) is 0 Å². The van der Waals surface area contributed by atoms with Crippen LogP contribution in [-0.2, 0) is 0 Å². The summed E-state index contributed by atoms with van der Waals surface area (Å²) in [6, 6.07) is 15.5. The van der Waals surface area contributed by atoms with Crippen molar-refractivity contribution in [1.29, 1.82) is 0 Å². The molecule has 1 aromatic heterocycles. The zero-order valence-electron chi connectivity index (χ0n) is 10.6. The van der Waals surface area contributed by atoms with Crippen molar-refractivity contribution in [2.75, 3.05) is 6.79 Å². The number of rotatable bonds is 2. The van der Waals surface area contributed by atoms with Gasteiger partial charge in [-0.15, -0.1) is 0 Å². The van der Waals surface area contributed by atoms with Crippen LogP contribution in [0.3, 0.4) is 0 Å². The lowest BCUT2D eigenvalue weighted by Gasteiger charge is -1.99. The molecule has 0 fully saturated rings. The van der Waals surface area contributed by atoms with E-state index in [1.807, 2.05) is 48.5 Å². The van der Waals surface area contributed by atoms with Crippen LogP contribution in [0.15, 0.2) is 59.1 Å². The van der Waals surface area contributed by atoms with E-state index in [-0.39, 0.29) is 6.79 Å². The van der Waals surface area contributed by atoms with Crippen molar-refractivity contribution in [2.45, 2.75) is 0 Å². The molecular weight excluding hydrogens is 254 g/mol. The minimum atomic E-state index is 0.268. The molecule has 0 spiro atoms. The van der Waals surface area contributed by atoms with E-state index in [9.17, 15) is 0 Å². The summed E-state index contributed by atoms with van der Waals surface area (Å²) in [5.41, 5.74) is 1.88. The van der Waals surface area contributed by atoms with Gasteiger partial charge in [-0.05, 0) is 30.3 Å². The molecular formula is C16H11NO3. The number of hydrogen-bond acceptors (Lipinski definition) is 4. The maximum absolute atomic E-state index is 5.81. The summed E-state index contributed by atoms with van der Waals surface area (Å²) < 4.78 is 16.5. The van der Waals surface area contributed by atoms with Crippen molar-refractivity contribution >= 4 is 0 Å². The summed E-state index contributed by atoms with van der Waals surface area (Å²) in [6.45, 7) is 0.268. The normalized spacial score (nSPS) is 12.6. The van der Waals surface area contributed by atoms with Gasteiger partial charge in [-0.25, -0.2) is 4.98 Å². The van der Waals surface area contributed by atoms with E-state index in [4.69, 9.17) is 13.9 Å². The molecule has 0 N–H and O–H groups in total. The fraction of sp³-hybridized carbons (Fsp3) is 0.0625. The molecule has 0 saturated heterocycles. The van der Waals surface area contributed by atoms with E-state index in [2.05, 4.69) is 4.98 Å². The highest BCUT2D eigenvalue weighted by Gasteiger charge is 2.15. The molecule has 2 aromatic carbocycles. The molecule has 0 atom stereocenters. The smallest absolute Gasteiger partial charge is 0.231 e. The van der Waals surface area contributed by atoms with Crippen LogP contribution in [0.5, 0.6) is 11.5 Å². The van der Waals surface area contributed by atoms with Crippen LogP contribution in [0.4, 0.5) is 0 Å². The summed E-state index contributed by atoms with van der Waals surface area (Å²) in [6.07, 6.45) is 1.72. The molecule has 1 aliphatic rings. The monoisotopic (exact) mass is 265 g/mol. The second-order valence-electron chi connectivity index (χ2n) is 4.46. The van der Waals surface area contributed by atoms with Gasteiger partial charge in [0, 0.05) is 11.1 Å². The first-order valence-corrected chi connectivity index (χ1v) is 6.31. The minimum Gasteiger partial charge on any atom is -0.454 e. The van der Waals surface area contributed by atoms with E-state index >= 15 is 0 Å². The van der Waals surface area contributed by atoms with Crippen molar-refractivity contribution in [1.82, 2.24) is 4.98 Å². The first-order chi connectivity index (χ1) is 9.90. The molecule has 4 nitrogen and oxygen atoms in total. The number of benzene rings is 2. The lowest BCUT2D eigenvalue weighted by molar-refractivity contribution is 0.174. The standard InChI is InChI=1S/C16H11NO3/c1-2-4-11(5-3-1)16-17-9-15(20-16)12-6-7-13-14(8-12)19-10-18-13/h1-9H,10H2. The SMILES string of the molecule is c1ccc(-c2ncc(-c3ccc4c(c3)OCO4)o2)cc1. The number of aromatic nitrogens is 1. The Morgan fingerprint density at radius 3 is 2.60 bits per heavy atom. The fourth-order valence-electron chi connectivity index (χ4n) is 2.17. The van der Waals surface area contributed by atoms with E-state index in [0.29, 0.717) is 11.7 Å². The Kier molecular flexibility index (Phi) is 2.45. The van der Waals surface area contributed by atoms with Crippen LogP contribution in [0.1, 0.15) is 0 Å². The van der Waals surface area contributed by atoms with Crippen molar-refractivity contribution in [2.24, 2.45) is 0 Å².